The molecule has 10 heteroatoms. The predicted octanol–water partition coefficient (Wildman–Crippen LogP) is 3.78. The van der Waals surface area contributed by atoms with Crippen molar-refractivity contribution in [3.8, 4) is 0 Å². The molecule has 0 aliphatic rings. The lowest BCUT2D eigenvalue weighted by Crippen LogP contribution is -2.39. The van der Waals surface area contributed by atoms with Crippen LogP contribution in [0.4, 0.5) is 0 Å². The minimum Gasteiger partial charge on any atom is -0.465 e. The zero-order valence-corrected chi connectivity index (χ0v) is 20.7. The fourth-order valence-corrected chi connectivity index (χ4v) is 4.72. The highest BCUT2D eigenvalue weighted by Gasteiger charge is 2.27. The van der Waals surface area contributed by atoms with Crippen LogP contribution in [-0.2, 0) is 26.1 Å². The third kappa shape index (κ3) is 7.22. The SMILES string of the molecule is COC(=O)c1ccc(/C=N\NC(=O)CN(Cc2cccc(Cl)c2)S(=O)(=O)c2ccc(C)cc2)cc1. The minimum atomic E-state index is -3.98. The van der Waals surface area contributed by atoms with Crippen LogP contribution in [0.1, 0.15) is 27.0 Å². The lowest BCUT2D eigenvalue weighted by atomic mass is 10.1. The van der Waals surface area contributed by atoms with Crippen molar-refractivity contribution >= 4 is 39.7 Å². The van der Waals surface area contributed by atoms with Crippen molar-refractivity contribution in [2.75, 3.05) is 13.7 Å². The number of methoxy groups -OCH3 is 1. The molecule has 8 nitrogen and oxygen atoms in total. The third-order valence-electron chi connectivity index (χ3n) is 4.96. The molecule has 0 aromatic heterocycles. The number of ether oxygens (including phenoxy) is 1. The van der Waals surface area contributed by atoms with Gasteiger partial charge in [-0.3, -0.25) is 4.79 Å². The van der Waals surface area contributed by atoms with Gasteiger partial charge in [-0.25, -0.2) is 18.6 Å². The van der Waals surface area contributed by atoms with Gasteiger partial charge in [0.05, 0.1) is 30.3 Å². The molecule has 1 amide bonds. The number of amides is 1. The van der Waals surface area contributed by atoms with Gasteiger partial charge in [-0.2, -0.15) is 9.41 Å². The summed E-state index contributed by atoms with van der Waals surface area (Å²) < 4.78 is 32.3. The Balaban J connectivity index is 1.75. The quantitative estimate of drug-likeness (QED) is 0.266. The molecule has 182 valence electrons. The van der Waals surface area contributed by atoms with Crippen LogP contribution in [0.2, 0.25) is 5.02 Å². The van der Waals surface area contributed by atoms with Gasteiger partial charge in [-0.1, -0.05) is 53.6 Å². The number of hydrazone groups is 1. The van der Waals surface area contributed by atoms with Crippen molar-refractivity contribution in [2.24, 2.45) is 5.10 Å². The van der Waals surface area contributed by atoms with E-state index in [4.69, 9.17) is 11.6 Å². The van der Waals surface area contributed by atoms with Gasteiger partial charge in [0.25, 0.3) is 5.91 Å². The number of aryl methyl sites for hydroxylation is 1. The van der Waals surface area contributed by atoms with E-state index in [1.807, 2.05) is 6.92 Å². The van der Waals surface area contributed by atoms with Crippen molar-refractivity contribution in [3.63, 3.8) is 0 Å². The van der Waals surface area contributed by atoms with Crippen LogP contribution in [0.15, 0.2) is 82.8 Å². The molecule has 0 fully saturated rings. The number of sulfonamides is 1. The fourth-order valence-electron chi connectivity index (χ4n) is 3.12. The van der Waals surface area contributed by atoms with Crippen LogP contribution >= 0.6 is 11.6 Å². The normalized spacial score (nSPS) is 11.5. The molecule has 1 N–H and O–H groups in total. The molecule has 3 aromatic carbocycles. The minimum absolute atomic E-state index is 0.0527. The van der Waals surface area contributed by atoms with E-state index < -0.39 is 28.4 Å². The zero-order valence-electron chi connectivity index (χ0n) is 19.1. The predicted molar refractivity (Wildman–Crippen MR) is 134 cm³/mol. The molecule has 35 heavy (non-hydrogen) atoms. The van der Waals surface area contributed by atoms with Crippen molar-refractivity contribution in [2.45, 2.75) is 18.4 Å². The molecular weight excluding hydrogens is 490 g/mol. The van der Waals surface area contributed by atoms with Crippen molar-refractivity contribution in [1.82, 2.24) is 9.73 Å². The Bertz CT molecular complexity index is 1320. The van der Waals surface area contributed by atoms with Crippen LogP contribution in [-0.4, -0.2) is 44.5 Å². The lowest BCUT2D eigenvalue weighted by molar-refractivity contribution is -0.121. The Morgan fingerprint density at radius 1 is 1.06 bits per heavy atom. The highest BCUT2D eigenvalue weighted by Crippen LogP contribution is 2.20. The molecule has 0 radical (unpaired) electrons. The van der Waals surface area contributed by atoms with Gasteiger partial charge >= 0.3 is 5.97 Å². The van der Waals surface area contributed by atoms with Crippen molar-refractivity contribution < 1.29 is 22.7 Å². The number of rotatable bonds is 9. The zero-order chi connectivity index (χ0) is 25.4. The van der Waals surface area contributed by atoms with Gasteiger partial charge in [-0.05, 0) is 54.4 Å². The number of hydrogen-bond acceptors (Lipinski definition) is 6. The second-order valence-electron chi connectivity index (χ2n) is 7.62. The Morgan fingerprint density at radius 3 is 2.37 bits per heavy atom. The molecule has 0 aliphatic heterocycles. The molecular formula is C25H24ClN3O5S. The smallest absolute Gasteiger partial charge is 0.337 e. The van der Waals surface area contributed by atoms with E-state index >= 15 is 0 Å². The number of carbonyl (C=O) groups excluding carboxylic acids is 2. The summed E-state index contributed by atoms with van der Waals surface area (Å²) in [4.78, 5) is 24.2. The van der Waals surface area contributed by atoms with Crippen molar-refractivity contribution in [3.05, 3.63) is 100 Å². The summed E-state index contributed by atoms with van der Waals surface area (Å²) in [5.41, 5.74) is 4.90. The summed E-state index contributed by atoms with van der Waals surface area (Å²) in [5, 5.41) is 4.35. The van der Waals surface area contributed by atoms with E-state index in [0.29, 0.717) is 21.7 Å². The molecule has 0 heterocycles. The maximum absolute atomic E-state index is 13.3. The van der Waals surface area contributed by atoms with Gasteiger partial charge in [0.15, 0.2) is 0 Å². The number of esters is 1. The van der Waals surface area contributed by atoms with Crippen LogP contribution < -0.4 is 5.43 Å². The molecule has 0 atom stereocenters. The van der Waals surface area contributed by atoms with E-state index in [1.54, 1.807) is 60.7 Å². The number of halogens is 1. The van der Waals surface area contributed by atoms with E-state index in [0.717, 1.165) is 9.87 Å². The Kier molecular flexibility index (Phi) is 8.75. The monoisotopic (exact) mass is 513 g/mol. The molecule has 3 aromatic rings. The lowest BCUT2D eigenvalue weighted by Gasteiger charge is -2.21. The first-order chi connectivity index (χ1) is 16.7. The Morgan fingerprint density at radius 2 is 1.74 bits per heavy atom. The van der Waals surface area contributed by atoms with Gasteiger partial charge in [0.1, 0.15) is 0 Å². The standard InChI is InChI=1S/C25H24ClN3O5S/c1-18-6-12-23(13-7-18)35(32,33)29(16-20-4-3-5-22(26)14-20)17-24(30)28-27-15-19-8-10-21(11-9-19)25(31)34-2/h3-15H,16-17H2,1-2H3,(H,28,30)/b27-15-. The van der Waals surface area contributed by atoms with Crippen LogP contribution in [0.25, 0.3) is 0 Å². The summed E-state index contributed by atoms with van der Waals surface area (Å²) in [7, 11) is -2.69. The van der Waals surface area contributed by atoms with Crippen molar-refractivity contribution in [1.29, 1.82) is 0 Å². The van der Waals surface area contributed by atoms with Crippen LogP contribution in [0, 0.1) is 6.92 Å². The number of hydrogen-bond donors (Lipinski definition) is 1. The average Bonchev–Trinajstić information content (AvgIpc) is 2.84. The van der Waals surface area contributed by atoms with Gasteiger partial charge in [0.2, 0.25) is 10.0 Å². The molecule has 0 bridgehead atoms. The van der Waals surface area contributed by atoms with Gasteiger partial charge in [0, 0.05) is 11.6 Å². The van der Waals surface area contributed by atoms with E-state index in [9.17, 15) is 18.0 Å². The first kappa shape index (κ1) is 26.1. The summed E-state index contributed by atoms with van der Waals surface area (Å²) in [6.45, 7) is 1.35. The first-order valence-electron chi connectivity index (χ1n) is 10.5. The fraction of sp³-hybridized carbons (Fsp3) is 0.160. The van der Waals surface area contributed by atoms with Crippen LogP contribution in [0.5, 0.6) is 0 Å². The van der Waals surface area contributed by atoms with E-state index in [1.165, 1.54) is 25.5 Å². The first-order valence-corrected chi connectivity index (χ1v) is 12.3. The molecule has 0 aliphatic carbocycles. The Labute approximate surface area is 209 Å². The third-order valence-corrected chi connectivity index (χ3v) is 7.00. The highest BCUT2D eigenvalue weighted by molar-refractivity contribution is 7.89. The second kappa shape index (κ2) is 11.7. The molecule has 3 rings (SSSR count). The molecule has 0 spiro atoms. The summed E-state index contributed by atoms with van der Waals surface area (Å²) in [5.74, 6) is -1.08. The van der Waals surface area contributed by atoms with E-state index in [2.05, 4.69) is 15.3 Å². The number of nitrogens with one attached hydrogen (secondary N) is 1. The number of nitrogens with zero attached hydrogens (tertiary/aromatic N) is 2. The summed E-state index contributed by atoms with van der Waals surface area (Å²) in [6, 6.07) is 19.6. The highest BCUT2D eigenvalue weighted by atomic mass is 35.5. The van der Waals surface area contributed by atoms with Crippen LogP contribution in [0.3, 0.4) is 0 Å². The maximum atomic E-state index is 13.3. The average molecular weight is 514 g/mol. The molecule has 0 saturated heterocycles. The maximum Gasteiger partial charge on any atom is 0.337 e. The number of carbonyl (C=O) groups is 2. The summed E-state index contributed by atoms with van der Waals surface area (Å²) in [6.07, 6.45) is 1.38. The number of benzene rings is 3. The second-order valence-corrected chi connectivity index (χ2v) is 10.00. The largest absolute Gasteiger partial charge is 0.465 e. The van der Waals surface area contributed by atoms with Gasteiger partial charge in [-0.15, -0.1) is 0 Å². The molecule has 0 unspecified atom stereocenters. The van der Waals surface area contributed by atoms with Gasteiger partial charge < -0.3 is 4.74 Å². The topological polar surface area (TPSA) is 105 Å². The molecule has 0 saturated carbocycles. The summed E-state index contributed by atoms with van der Waals surface area (Å²) >= 11 is 6.05. The Hall–Kier alpha value is -3.53. The van der Waals surface area contributed by atoms with E-state index in [-0.39, 0.29) is 11.4 Å².